The highest BCUT2D eigenvalue weighted by atomic mass is 32.2. The van der Waals surface area contributed by atoms with E-state index in [9.17, 15) is 13.2 Å². The molecule has 1 amide bonds. The fourth-order valence-electron chi connectivity index (χ4n) is 2.62. The van der Waals surface area contributed by atoms with E-state index in [2.05, 4.69) is 29.0 Å². The van der Waals surface area contributed by atoms with Gasteiger partial charge in [-0.2, -0.15) is 0 Å². The summed E-state index contributed by atoms with van der Waals surface area (Å²) in [5.41, 5.74) is 0.317. The Morgan fingerprint density at radius 1 is 1.43 bits per heavy atom. The maximum absolute atomic E-state index is 12.1. The quantitative estimate of drug-likeness (QED) is 0.815. The molecule has 1 aromatic rings. The zero-order valence-electron chi connectivity index (χ0n) is 13.5. The number of hydrogen-bond acceptors (Lipinski definition) is 5. The number of likely N-dealkylation sites (tertiary alicyclic amines) is 1. The summed E-state index contributed by atoms with van der Waals surface area (Å²) in [7, 11) is -3.84. The van der Waals surface area contributed by atoms with E-state index < -0.39 is 10.0 Å². The van der Waals surface area contributed by atoms with E-state index in [0.717, 1.165) is 19.0 Å². The topological polar surface area (TPSA) is 105 Å². The smallest absolute Gasteiger partial charge is 0.255 e. The number of pyridine rings is 1. The second kappa shape index (κ2) is 7.37. The van der Waals surface area contributed by atoms with Crippen molar-refractivity contribution in [2.75, 3.05) is 19.6 Å². The van der Waals surface area contributed by atoms with Crippen LogP contribution in [0.25, 0.3) is 0 Å². The highest BCUT2D eigenvalue weighted by molar-refractivity contribution is 7.89. The summed E-state index contributed by atoms with van der Waals surface area (Å²) < 4.78 is 22.3. The zero-order valence-corrected chi connectivity index (χ0v) is 14.3. The van der Waals surface area contributed by atoms with Crippen LogP contribution in [0.5, 0.6) is 0 Å². The van der Waals surface area contributed by atoms with Gasteiger partial charge in [-0.15, -0.1) is 0 Å². The Bertz CT molecular complexity index is 637. The molecule has 0 aliphatic carbocycles. The van der Waals surface area contributed by atoms with Crippen LogP contribution in [0.15, 0.2) is 23.4 Å². The maximum atomic E-state index is 12.1. The minimum atomic E-state index is -3.84. The Morgan fingerprint density at radius 3 is 2.61 bits per heavy atom. The lowest BCUT2D eigenvalue weighted by atomic mass is 9.98. The molecule has 1 fully saturated rings. The van der Waals surface area contributed by atoms with E-state index in [0.29, 0.717) is 12.1 Å². The van der Waals surface area contributed by atoms with Gasteiger partial charge in [0.05, 0.1) is 5.56 Å². The van der Waals surface area contributed by atoms with Crippen LogP contribution in [0.1, 0.15) is 37.0 Å². The predicted molar refractivity (Wildman–Crippen MR) is 87.4 cm³/mol. The van der Waals surface area contributed by atoms with E-state index in [4.69, 9.17) is 5.14 Å². The Labute approximate surface area is 137 Å². The lowest BCUT2D eigenvalue weighted by Gasteiger charge is -2.35. The minimum Gasteiger partial charge on any atom is -0.350 e. The minimum absolute atomic E-state index is 0.246. The predicted octanol–water partition coefficient (Wildman–Crippen LogP) is 0.579. The van der Waals surface area contributed by atoms with Gasteiger partial charge in [0.1, 0.15) is 0 Å². The molecule has 1 saturated heterocycles. The average Bonchev–Trinajstić information content (AvgIpc) is 2.52. The van der Waals surface area contributed by atoms with Gasteiger partial charge < -0.3 is 5.32 Å². The number of carbonyl (C=O) groups excluding carboxylic acids is 1. The molecule has 0 aromatic carbocycles. The van der Waals surface area contributed by atoms with Crippen LogP contribution in [0.3, 0.4) is 0 Å². The van der Waals surface area contributed by atoms with Gasteiger partial charge >= 0.3 is 0 Å². The molecule has 0 radical (unpaired) electrons. The number of nitrogens with two attached hydrogens (primary N) is 1. The summed E-state index contributed by atoms with van der Waals surface area (Å²) in [6, 6.07) is 2.91. The number of hydrogen-bond donors (Lipinski definition) is 2. The molecule has 0 saturated carbocycles. The van der Waals surface area contributed by atoms with Gasteiger partial charge in [-0.05, 0) is 50.9 Å². The first-order valence-electron chi connectivity index (χ1n) is 7.78. The highest BCUT2D eigenvalue weighted by Gasteiger charge is 2.20. The van der Waals surface area contributed by atoms with E-state index >= 15 is 0 Å². The third-order valence-electron chi connectivity index (χ3n) is 4.29. The number of sulfonamides is 1. The standard InChI is InChI=1S/C15H24N4O3S/c1-11-5-7-19(8-6-11)12(2)9-18-15(20)13-3-4-14(17-10-13)23(16,21)22/h3-4,10-12H,5-9H2,1-2H3,(H,18,20)(H2,16,21,22)/t12-/m0/s1. The van der Waals surface area contributed by atoms with E-state index in [1.54, 1.807) is 0 Å². The number of amides is 1. The van der Waals surface area contributed by atoms with Crippen LogP contribution in [0.4, 0.5) is 0 Å². The van der Waals surface area contributed by atoms with Gasteiger partial charge in [-0.1, -0.05) is 6.92 Å². The number of primary sulfonamides is 1. The van der Waals surface area contributed by atoms with E-state index in [1.165, 1.54) is 31.2 Å². The lowest BCUT2D eigenvalue weighted by molar-refractivity contribution is 0.0921. The molecule has 1 aliphatic heterocycles. The largest absolute Gasteiger partial charge is 0.350 e. The van der Waals surface area contributed by atoms with Crippen LogP contribution in [0.2, 0.25) is 0 Å². The molecule has 0 spiro atoms. The molecule has 0 unspecified atom stereocenters. The van der Waals surface area contributed by atoms with Gasteiger partial charge in [-0.3, -0.25) is 9.69 Å². The van der Waals surface area contributed by atoms with Crippen LogP contribution in [-0.2, 0) is 10.0 Å². The first-order chi connectivity index (χ1) is 10.8. The summed E-state index contributed by atoms with van der Waals surface area (Å²) in [4.78, 5) is 18.2. The number of rotatable bonds is 5. The zero-order chi connectivity index (χ0) is 17.0. The second-order valence-electron chi connectivity index (χ2n) is 6.21. The van der Waals surface area contributed by atoms with Gasteiger partial charge in [0.25, 0.3) is 15.9 Å². The van der Waals surface area contributed by atoms with Crippen molar-refractivity contribution in [1.82, 2.24) is 15.2 Å². The first kappa shape index (κ1) is 17.8. The maximum Gasteiger partial charge on any atom is 0.255 e. The van der Waals surface area contributed by atoms with Crippen LogP contribution in [0, 0.1) is 5.92 Å². The monoisotopic (exact) mass is 340 g/mol. The van der Waals surface area contributed by atoms with Crippen molar-refractivity contribution >= 4 is 15.9 Å². The Kier molecular flexibility index (Phi) is 5.72. The fraction of sp³-hybridized carbons (Fsp3) is 0.600. The number of nitrogens with zero attached hydrogens (tertiary/aromatic N) is 2. The third-order valence-corrected chi connectivity index (χ3v) is 5.11. The molecule has 1 aliphatic rings. The molecule has 8 heteroatoms. The molecule has 1 atom stereocenters. The van der Waals surface area contributed by atoms with E-state index in [1.807, 2.05) is 0 Å². The van der Waals surface area contributed by atoms with Crippen molar-refractivity contribution in [2.24, 2.45) is 11.1 Å². The molecule has 128 valence electrons. The van der Waals surface area contributed by atoms with Crippen molar-refractivity contribution in [3.63, 3.8) is 0 Å². The summed E-state index contributed by atoms with van der Waals surface area (Å²) >= 11 is 0. The van der Waals surface area contributed by atoms with Crippen LogP contribution < -0.4 is 10.5 Å². The summed E-state index contributed by atoms with van der Waals surface area (Å²) in [5.74, 6) is 0.507. The van der Waals surface area contributed by atoms with Gasteiger partial charge in [0.15, 0.2) is 5.03 Å². The SMILES string of the molecule is CC1CCN([C@@H](C)CNC(=O)c2ccc(S(N)(=O)=O)nc2)CC1. The van der Waals surface area contributed by atoms with Crippen molar-refractivity contribution in [3.8, 4) is 0 Å². The third kappa shape index (κ3) is 4.98. The Balaban J connectivity index is 1.87. The van der Waals surface area contributed by atoms with Crippen molar-refractivity contribution < 1.29 is 13.2 Å². The number of aromatic nitrogens is 1. The highest BCUT2D eigenvalue weighted by Crippen LogP contribution is 2.17. The van der Waals surface area contributed by atoms with Gasteiger partial charge in [0.2, 0.25) is 0 Å². The second-order valence-corrected chi connectivity index (χ2v) is 7.72. The molecule has 2 heterocycles. The molecular formula is C15H24N4O3S. The first-order valence-corrected chi connectivity index (χ1v) is 9.33. The normalized spacial score (nSPS) is 18.6. The van der Waals surface area contributed by atoms with E-state index in [-0.39, 0.29) is 17.0 Å². The average molecular weight is 340 g/mol. The molecule has 2 rings (SSSR count). The summed E-state index contributed by atoms with van der Waals surface area (Å²) in [6.07, 6.45) is 3.61. The summed E-state index contributed by atoms with van der Waals surface area (Å²) in [5, 5.41) is 7.60. The number of piperidine rings is 1. The Hall–Kier alpha value is -1.51. The van der Waals surface area contributed by atoms with Crippen molar-refractivity contribution in [1.29, 1.82) is 0 Å². The van der Waals surface area contributed by atoms with Gasteiger partial charge in [-0.25, -0.2) is 18.5 Å². The molecule has 7 nitrogen and oxygen atoms in total. The molecular weight excluding hydrogens is 316 g/mol. The Morgan fingerprint density at radius 2 is 2.09 bits per heavy atom. The van der Waals surface area contributed by atoms with Crippen molar-refractivity contribution in [2.45, 2.75) is 37.8 Å². The van der Waals surface area contributed by atoms with Crippen LogP contribution >= 0.6 is 0 Å². The molecule has 23 heavy (non-hydrogen) atoms. The van der Waals surface area contributed by atoms with Crippen LogP contribution in [-0.4, -0.2) is 49.9 Å². The lowest BCUT2D eigenvalue weighted by Crippen LogP contribution is -2.45. The van der Waals surface area contributed by atoms with Crippen molar-refractivity contribution in [3.05, 3.63) is 23.9 Å². The molecule has 3 N–H and O–H groups in total. The molecule has 1 aromatic heterocycles. The molecule has 0 bridgehead atoms. The number of carbonyl (C=O) groups is 1. The fourth-order valence-corrected chi connectivity index (χ4v) is 3.08. The summed E-state index contributed by atoms with van der Waals surface area (Å²) in [6.45, 7) is 7.02. The number of nitrogens with one attached hydrogen (secondary N) is 1. The van der Waals surface area contributed by atoms with Gasteiger partial charge in [0, 0.05) is 18.8 Å².